The standard InChI is InChI=1S/C14H19N3O/c1-2-14(18)17-9-3-5-12(6-10-17)11-13-15-7-4-8-16-13/h4-5,7-8H,2-3,6,9-11H2,1H3. The Morgan fingerprint density at radius 1 is 1.33 bits per heavy atom. The fourth-order valence-electron chi connectivity index (χ4n) is 2.17. The molecule has 0 atom stereocenters. The Morgan fingerprint density at radius 2 is 2.11 bits per heavy atom. The van der Waals surface area contributed by atoms with E-state index in [1.807, 2.05) is 17.9 Å². The monoisotopic (exact) mass is 245 g/mol. The molecule has 2 heterocycles. The van der Waals surface area contributed by atoms with Crippen LogP contribution in [0.5, 0.6) is 0 Å². The topological polar surface area (TPSA) is 46.1 Å². The Labute approximate surface area is 108 Å². The van der Waals surface area contributed by atoms with Crippen LogP contribution in [0, 0.1) is 0 Å². The zero-order chi connectivity index (χ0) is 12.8. The molecule has 0 aromatic carbocycles. The van der Waals surface area contributed by atoms with E-state index in [0.717, 1.165) is 38.2 Å². The van der Waals surface area contributed by atoms with Gasteiger partial charge >= 0.3 is 0 Å². The van der Waals surface area contributed by atoms with Crippen molar-refractivity contribution in [2.45, 2.75) is 32.6 Å². The molecule has 0 bridgehead atoms. The summed E-state index contributed by atoms with van der Waals surface area (Å²) in [5, 5.41) is 0. The predicted octanol–water partition coefficient (Wildman–Crippen LogP) is 1.98. The number of hydrogen-bond acceptors (Lipinski definition) is 3. The maximum absolute atomic E-state index is 11.7. The van der Waals surface area contributed by atoms with Crippen molar-refractivity contribution in [1.82, 2.24) is 14.9 Å². The fraction of sp³-hybridized carbons (Fsp3) is 0.500. The number of amides is 1. The molecule has 0 saturated carbocycles. The van der Waals surface area contributed by atoms with Gasteiger partial charge in [-0.1, -0.05) is 18.6 Å². The van der Waals surface area contributed by atoms with Crippen molar-refractivity contribution in [2.24, 2.45) is 0 Å². The zero-order valence-corrected chi connectivity index (χ0v) is 10.8. The molecule has 0 aliphatic carbocycles. The lowest BCUT2D eigenvalue weighted by Gasteiger charge is -2.19. The average Bonchev–Trinajstić information content (AvgIpc) is 2.65. The number of rotatable bonds is 3. The molecule has 1 aromatic rings. The van der Waals surface area contributed by atoms with E-state index in [1.54, 1.807) is 12.4 Å². The summed E-state index contributed by atoms with van der Waals surface area (Å²) in [6.07, 6.45) is 9.04. The Morgan fingerprint density at radius 3 is 2.83 bits per heavy atom. The zero-order valence-electron chi connectivity index (χ0n) is 10.8. The van der Waals surface area contributed by atoms with Crippen molar-refractivity contribution in [3.05, 3.63) is 35.9 Å². The van der Waals surface area contributed by atoms with Gasteiger partial charge in [0.05, 0.1) is 0 Å². The highest BCUT2D eigenvalue weighted by Crippen LogP contribution is 2.15. The van der Waals surface area contributed by atoms with Crippen LogP contribution in [0.1, 0.15) is 32.0 Å². The second-order valence-corrected chi connectivity index (χ2v) is 4.48. The summed E-state index contributed by atoms with van der Waals surface area (Å²) in [4.78, 5) is 22.1. The molecule has 4 nitrogen and oxygen atoms in total. The molecule has 4 heteroatoms. The molecule has 18 heavy (non-hydrogen) atoms. The molecular weight excluding hydrogens is 226 g/mol. The largest absolute Gasteiger partial charge is 0.342 e. The quantitative estimate of drug-likeness (QED) is 0.765. The van der Waals surface area contributed by atoms with Crippen LogP contribution in [-0.2, 0) is 11.2 Å². The average molecular weight is 245 g/mol. The van der Waals surface area contributed by atoms with Gasteiger partial charge in [0.25, 0.3) is 0 Å². The molecule has 2 rings (SSSR count). The van der Waals surface area contributed by atoms with Gasteiger partial charge in [0, 0.05) is 38.3 Å². The normalized spacial score (nSPS) is 16.1. The van der Waals surface area contributed by atoms with Crippen LogP contribution in [0.25, 0.3) is 0 Å². The first kappa shape index (κ1) is 12.7. The molecule has 0 radical (unpaired) electrons. The van der Waals surface area contributed by atoms with Crippen molar-refractivity contribution in [2.75, 3.05) is 13.1 Å². The van der Waals surface area contributed by atoms with E-state index in [9.17, 15) is 4.79 Å². The van der Waals surface area contributed by atoms with Gasteiger partial charge in [0.15, 0.2) is 0 Å². The lowest BCUT2D eigenvalue weighted by molar-refractivity contribution is -0.130. The van der Waals surface area contributed by atoms with E-state index in [0.29, 0.717) is 6.42 Å². The van der Waals surface area contributed by atoms with E-state index in [-0.39, 0.29) is 5.91 Å². The number of aromatic nitrogens is 2. The third-order valence-corrected chi connectivity index (χ3v) is 3.19. The number of nitrogens with zero attached hydrogens (tertiary/aromatic N) is 3. The first-order chi connectivity index (χ1) is 8.79. The van der Waals surface area contributed by atoms with Gasteiger partial charge in [-0.25, -0.2) is 9.97 Å². The van der Waals surface area contributed by atoms with E-state index < -0.39 is 0 Å². The summed E-state index contributed by atoms with van der Waals surface area (Å²) in [5.74, 6) is 1.11. The highest BCUT2D eigenvalue weighted by molar-refractivity contribution is 5.75. The summed E-state index contributed by atoms with van der Waals surface area (Å²) in [6, 6.07) is 1.83. The van der Waals surface area contributed by atoms with Crippen molar-refractivity contribution >= 4 is 5.91 Å². The minimum Gasteiger partial charge on any atom is -0.342 e. The maximum Gasteiger partial charge on any atom is 0.222 e. The molecular formula is C14H19N3O. The third-order valence-electron chi connectivity index (χ3n) is 3.19. The highest BCUT2D eigenvalue weighted by atomic mass is 16.2. The van der Waals surface area contributed by atoms with E-state index in [2.05, 4.69) is 16.0 Å². The molecule has 0 saturated heterocycles. The minimum absolute atomic E-state index is 0.251. The summed E-state index contributed by atoms with van der Waals surface area (Å²) in [6.45, 7) is 3.58. The van der Waals surface area contributed by atoms with Crippen LogP contribution in [-0.4, -0.2) is 33.9 Å². The highest BCUT2D eigenvalue weighted by Gasteiger charge is 2.14. The molecule has 1 amide bonds. The van der Waals surface area contributed by atoms with Crippen molar-refractivity contribution in [3.8, 4) is 0 Å². The lowest BCUT2D eigenvalue weighted by Crippen LogP contribution is -2.31. The van der Waals surface area contributed by atoms with Gasteiger partial charge < -0.3 is 4.90 Å². The van der Waals surface area contributed by atoms with E-state index >= 15 is 0 Å². The maximum atomic E-state index is 11.7. The van der Waals surface area contributed by atoms with Gasteiger partial charge in [0.2, 0.25) is 5.91 Å². The second kappa shape index (κ2) is 6.28. The van der Waals surface area contributed by atoms with Gasteiger partial charge in [-0.3, -0.25) is 4.79 Å². The van der Waals surface area contributed by atoms with Gasteiger partial charge in [-0.2, -0.15) is 0 Å². The first-order valence-corrected chi connectivity index (χ1v) is 6.51. The predicted molar refractivity (Wildman–Crippen MR) is 69.9 cm³/mol. The second-order valence-electron chi connectivity index (χ2n) is 4.48. The Bertz CT molecular complexity index is 428. The Balaban J connectivity index is 1.92. The summed E-state index contributed by atoms with van der Waals surface area (Å²) >= 11 is 0. The van der Waals surface area contributed by atoms with Crippen LogP contribution in [0.15, 0.2) is 30.1 Å². The van der Waals surface area contributed by atoms with Crippen LogP contribution in [0.3, 0.4) is 0 Å². The number of carbonyl (C=O) groups excluding carboxylic acids is 1. The van der Waals surface area contributed by atoms with E-state index in [4.69, 9.17) is 0 Å². The molecule has 0 fully saturated rings. The molecule has 1 aromatic heterocycles. The first-order valence-electron chi connectivity index (χ1n) is 6.51. The van der Waals surface area contributed by atoms with Crippen molar-refractivity contribution in [3.63, 3.8) is 0 Å². The van der Waals surface area contributed by atoms with Crippen molar-refractivity contribution in [1.29, 1.82) is 0 Å². The molecule has 96 valence electrons. The number of carbonyl (C=O) groups is 1. The lowest BCUT2D eigenvalue weighted by atomic mass is 10.1. The van der Waals surface area contributed by atoms with Crippen LogP contribution < -0.4 is 0 Å². The van der Waals surface area contributed by atoms with Crippen LogP contribution >= 0.6 is 0 Å². The molecule has 1 aliphatic heterocycles. The Kier molecular flexibility index (Phi) is 4.45. The fourth-order valence-corrected chi connectivity index (χ4v) is 2.17. The molecule has 0 unspecified atom stereocenters. The molecule has 0 spiro atoms. The smallest absolute Gasteiger partial charge is 0.222 e. The summed E-state index contributed by atoms with van der Waals surface area (Å²) in [7, 11) is 0. The third kappa shape index (κ3) is 3.39. The Hall–Kier alpha value is -1.71. The van der Waals surface area contributed by atoms with Gasteiger partial charge in [-0.15, -0.1) is 0 Å². The van der Waals surface area contributed by atoms with Crippen LogP contribution in [0.4, 0.5) is 0 Å². The molecule has 1 aliphatic rings. The summed E-state index contributed by atoms with van der Waals surface area (Å²) < 4.78 is 0. The SMILES string of the molecule is CCC(=O)N1CCC=C(Cc2ncccn2)CC1. The molecule has 0 N–H and O–H groups in total. The van der Waals surface area contributed by atoms with Crippen LogP contribution in [0.2, 0.25) is 0 Å². The van der Waals surface area contributed by atoms with Gasteiger partial charge in [-0.05, 0) is 18.9 Å². The summed E-state index contributed by atoms with van der Waals surface area (Å²) in [5.41, 5.74) is 1.34. The van der Waals surface area contributed by atoms with Crippen molar-refractivity contribution < 1.29 is 4.79 Å². The number of hydrogen-bond donors (Lipinski definition) is 0. The minimum atomic E-state index is 0.251. The van der Waals surface area contributed by atoms with Gasteiger partial charge in [0.1, 0.15) is 5.82 Å². The van der Waals surface area contributed by atoms with E-state index in [1.165, 1.54) is 5.57 Å².